The van der Waals surface area contributed by atoms with Crippen LogP contribution in [0.1, 0.15) is 6.42 Å². The summed E-state index contributed by atoms with van der Waals surface area (Å²) in [6.45, 7) is 0.768. The van der Waals surface area contributed by atoms with Crippen molar-refractivity contribution in [1.29, 1.82) is 0 Å². The van der Waals surface area contributed by atoms with Gasteiger partial charge in [0.2, 0.25) is 0 Å². The lowest BCUT2D eigenvalue weighted by Crippen LogP contribution is -1.96. The summed E-state index contributed by atoms with van der Waals surface area (Å²) in [5.74, 6) is 0. The SMILES string of the molecule is O=C/C=C/CCn1cncn1. The zero-order chi connectivity index (χ0) is 7.94. The van der Waals surface area contributed by atoms with Crippen molar-refractivity contribution in [2.75, 3.05) is 0 Å². The predicted molar refractivity (Wildman–Crippen MR) is 39.8 cm³/mol. The molecule has 4 heteroatoms. The first-order valence-corrected chi connectivity index (χ1v) is 3.36. The number of hydrogen-bond acceptors (Lipinski definition) is 3. The molecule has 0 aromatic carbocycles. The zero-order valence-corrected chi connectivity index (χ0v) is 6.05. The molecule has 0 bridgehead atoms. The van der Waals surface area contributed by atoms with Crippen molar-refractivity contribution in [3.05, 3.63) is 24.8 Å². The van der Waals surface area contributed by atoms with Crippen LogP contribution in [0.15, 0.2) is 24.8 Å². The number of nitrogens with zero attached hydrogens (tertiary/aromatic N) is 3. The van der Waals surface area contributed by atoms with Crippen LogP contribution in [0.3, 0.4) is 0 Å². The lowest BCUT2D eigenvalue weighted by Gasteiger charge is -1.92. The summed E-state index contributed by atoms with van der Waals surface area (Å²) in [6.07, 6.45) is 7.99. The molecular formula is C7H9N3O. The summed E-state index contributed by atoms with van der Waals surface area (Å²) in [5, 5.41) is 3.90. The van der Waals surface area contributed by atoms with Crippen LogP contribution in [0, 0.1) is 0 Å². The van der Waals surface area contributed by atoms with Gasteiger partial charge in [0.1, 0.15) is 18.9 Å². The molecule has 0 saturated carbocycles. The number of carbonyl (C=O) groups excluding carboxylic acids is 1. The van der Waals surface area contributed by atoms with Crippen molar-refractivity contribution >= 4 is 6.29 Å². The average molecular weight is 151 g/mol. The molecule has 1 heterocycles. The Labute approximate surface area is 64.6 Å². The Balaban J connectivity index is 2.23. The zero-order valence-electron chi connectivity index (χ0n) is 6.05. The van der Waals surface area contributed by atoms with Gasteiger partial charge >= 0.3 is 0 Å². The van der Waals surface area contributed by atoms with Gasteiger partial charge in [-0.3, -0.25) is 9.48 Å². The topological polar surface area (TPSA) is 47.8 Å². The second-order valence-electron chi connectivity index (χ2n) is 2.01. The summed E-state index contributed by atoms with van der Waals surface area (Å²) < 4.78 is 1.72. The van der Waals surface area contributed by atoms with E-state index in [1.807, 2.05) is 0 Å². The molecule has 58 valence electrons. The van der Waals surface area contributed by atoms with E-state index in [0.29, 0.717) is 0 Å². The van der Waals surface area contributed by atoms with E-state index >= 15 is 0 Å². The number of carbonyl (C=O) groups is 1. The number of aromatic nitrogens is 3. The lowest BCUT2D eigenvalue weighted by atomic mass is 10.4. The maximum absolute atomic E-state index is 9.84. The molecule has 4 nitrogen and oxygen atoms in total. The highest BCUT2D eigenvalue weighted by Gasteiger charge is 1.86. The van der Waals surface area contributed by atoms with Crippen LogP contribution >= 0.6 is 0 Å². The summed E-state index contributed by atoms with van der Waals surface area (Å²) in [5.41, 5.74) is 0. The molecule has 1 aromatic rings. The fraction of sp³-hybridized carbons (Fsp3) is 0.286. The molecule has 0 aliphatic carbocycles. The molecule has 0 aliphatic heterocycles. The molecular weight excluding hydrogens is 142 g/mol. The minimum atomic E-state index is 0.765. The molecule has 0 radical (unpaired) electrons. The summed E-state index contributed by atoms with van der Waals surface area (Å²) in [4.78, 5) is 13.6. The predicted octanol–water partition coefficient (Wildman–Crippen LogP) is 0.423. The number of aryl methyl sites for hydroxylation is 1. The van der Waals surface area contributed by atoms with Crippen molar-refractivity contribution < 1.29 is 4.79 Å². The third-order valence-electron chi connectivity index (χ3n) is 1.21. The van der Waals surface area contributed by atoms with E-state index in [1.54, 1.807) is 17.1 Å². The van der Waals surface area contributed by atoms with E-state index in [2.05, 4.69) is 10.1 Å². The van der Waals surface area contributed by atoms with Gasteiger partial charge < -0.3 is 0 Å². The molecule has 0 N–H and O–H groups in total. The average Bonchev–Trinajstić information content (AvgIpc) is 2.50. The molecule has 0 saturated heterocycles. The number of aldehydes is 1. The number of rotatable bonds is 4. The molecule has 0 spiro atoms. The van der Waals surface area contributed by atoms with E-state index < -0.39 is 0 Å². The maximum Gasteiger partial charge on any atom is 0.142 e. The van der Waals surface area contributed by atoms with Crippen molar-refractivity contribution in [1.82, 2.24) is 14.8 Å². The van der Waals surface area contributed by atoms with Gasteiger partial charge in [0.15, 0.2) is 0 Å². The van der Waals surface area contributed by atoms with Gasteiger partial charge in [-0.05, 0) is 12.5 Å². The minimum absolute atomic E-state index is 0.765. The molecule has 0 amide bonds. The fourth-order valence-corrected chi connectivity index (χ4v) is 0.707. The smallest absolute Gasteiger partial charge is 0.142 e. The minimum Gasteiger partial charge on any atom is -0.299 e. The van der Waals surface area contributed by atoms with Crippen molar-refractivity contribution in [3.63, 3.8) is 0 Å². The first-order chi connectivity index (χ1) is 5.43. The van der Waals surface area contributed by atoms with Crippen LogP contribution in [0.25, 0.3) is 0 Å². The monoisotopic (exact) mass is 151 g/mol. The molecule has 0 aliphatic rings. The Hall–Kier alpha value is -1.45. The second-order valence-corrected chi connectivity index (χ2v) is 2.01. The van der Waals surface area contributed by atoms with Gasteiger partial charge in [0, 0.05) is 6.54 Å². The van der Waals surface area contributed by atoms with E-state index in [0.717, 1.165) is 19.3 Å². The highest BCUT2D eigenvalue weighted by molar-refractivity contribution is 5.64. The molecule has 1 rings (SSSR count). The Morgan fingerprint density at radius 1 is 1.55 bits per heavy atom. The normalized spacial score (nSPS) is 10.5. The Morgan fingerprint density at radius 2 is 2.45 bits per heavy atom. The fourth-order valence-electron chi connectivity index (χ4n) is 0.707. The largest absolute Gasteiger partial charge is 0.299 e. The van der Waals surface area contributed by atoms with Crippen LogP contribution in [0.4, 0.5) is 0 Å². The van der Waals surface area contributed by atoms with Crippen molar-refractivity contribution in [3.8, 4) is 0 Å². The molecule has 11 heavy (non-hydrogen) atoms. The third-order valence-corrected chi connectivity index (χ3v) is 1.21. The first kappa shape index (κ1) is 7.65. The second kappa shape index (κ2) is 4.38. The number of hydrogen-bond donors (Lipinski definition) is 0. The van der Waals surface area contributed by atoms with Crippen molar-refractivity contribution in [2.45, 2.75) is 13.0 Å². The molecule has 1 aromatic heterocycles. The Morgan fingerprint density at radius 3 is 3.09 bits per heavy atom. The van der Waals surface area contributed by atoms with E-state index in [1.165, 1.54) is 12.4 Å². The van der Waals surface area contributed by atoms with Crippen molar-refractivity contribution in [2.24, 2.45) is 0 Å². The molecule has 0 unspecified atom stereocenters. The van der Waals surface area contributed by atoms with Gasteiger partial charge in [-0.25, -0.2) is 4.98 Å². The lowest BCUT2D eigenvalue weighted by molar-refractivity contribution is -0.104. The highest BCUT2D eigenvalue weighted by Crippen LogP contribution is 1.87. The Kier molecular flexibility index (Phi) is 3.05. The van der Waals surface area contributed by atoms with Crippen LogP contribution in [0.2, 0.25) is 0 Å². The van der Waals surface area contributed by atoms with Gasteiger partial charge in [-0.1, -0.05) is 6.08 Å². The molecule has 0 fully saturated rings. The quantitative estimate of drug-likeness (QED) is 0.463. The summed E-state index contributed by atoms with van der Waals surface area (Å²) in [7, 11) is 0. The van der Waals surface area contributed by atoms with E-state index in [9.17, 15) is 4.79 Å². The summed E-state index contributed by atoms with van der Waals surface area (Å²) >= 11 is 0. The third kappa shape index (κ3) is 2.75. The van der Waals surface area contributed by atoms with Crippen LogP contribution in [-0.4, -0.2) is 21.1 Å². The van der Waals surface area contributed by atoms with E-state index in [4.69, 9.17) is 0 Å². The summed E-state index contributed by atoms with van der Waals surface area (Å²) in [6, 6.07) is 0. The number of allylic oxidation sites excluding steroid dienone is 2. The molecule has 0 atom stereocenters. The standard InChI is InChI=1S/C7H9N3O/c11-5-3-1-2-4-10-7-8-6-9-10/h1,3,5-7H,2,4H2/b3-1+. The van der Waals surface area contributed by atoms with Crippen LogP contribution in [-0.2, 0) is 11.3 Å². The van der Waals surface area contributed by atoms with Gasteiger partial charge in [-0.15, -0.1) is 0 Å². The van der Waals surface area contributed by atoms with Gasteiger partial charge in [0.05, 0.1) is 0 Å². The Bertz CT molecular complexity index is 228. The maximum atomic E-state index is 9.84. The highest BCUT2D eigenvalue weighted by atomic mass is 16.1. The van der Waals surface area contributed by atoms with Gasteiger partial charge in [-0.2, -0.15) is 5.10 Å². The van der Waals surface area contributed by atoms with Gasteiger partial charge in [0.25, 0.3) is 0 Å². The first-order valence-electron chi connectivity index (χ1n) is 3.36. The van der Waals surface area contributed by atoms with E-state index in [-0.39, 0.29) is 0 Å². The van der Waals surface area contributed by atoms with Crippen LogP contribution in [0.5, 0.6) is 0 Å². The van der Waals surface area contributed by atoms with Crippen LogP contribution < -0.4 is 0 Å².